The molecule has 2 N–H and O–H groups in total. The summed E-state index contributed by atoms with van der Waals surface area (Å²) in [6, 6.07) is 4.47. The van der Waals surface area contributed by atoms with Crippen LogP contribution in [0, 0.1) is 0 Å². The summed E-state index contributed by atoms with van der Waals surface area (Å²) in [4.78, 5) is 8.59. The molecule has 2 rings (SSSR count). The molecule has 0 aromatic carbocycles. The van der Waals surface area contributed by atoms with E-state index in [2.05, 4.69) is 26.9 Å². The summed E-state index contributed by atoms with van der Waals surface area (Å²) < 4.78 is 5.55. The second-order valence-corrected chi connectivity index (χ2v) is 6.48. The summed E-state index contributed by atoms with van der Waals surface area (Å²) in [7, 11) is 1.81. The molecule has 1 heterocycles. The van der Waals surface area contributed by atoms with Gasteiger partial charge in [0.25, 0.3) is 0 Å². The molecule has 0 aliphatic heterocycles. The third kappa shape index (κ3) is 4.80. The molecule has 0 saturated heterocycles. The summed E-state index contributed by atoms with van der Waals surface area (Å²) in [6.45, 7) is 3.24. The zero-order valence-corrected chi connectivity index (χ0v) is 14.4. The van der Waals surface area contributed by atoms with Crippen LogP contribution in [0.2, 0.25) is 0 Å². The van der Waals surface area contributed by atoms with Gasteiger partial charge in [0, 0.05) is 36.6 Å². The van der Waals surface area contributed by atoms with Gasteiger partial charge in [0.05, 0.1) is 6.61 Å². The minimum atomic E-state index is 0.518. The van der Waals surface area contributed by atoms with Gasteiger partial charge in [-0.15, -0.1) is 0 Å². The number of aromatic nitrogens is 1. The monoisotopic (exact) mass is 322 g/mol. The van der Waals surface area contributed by atoms with Gasteiger partial charge in [-0.1, -0.05) is 6.07 Å². The molecule has 6 heteroatoms. The number of thioether (sulfide) groups is 1. The topological polar surface area (TPSA) is 58.5 Å². The Morgan fingerprint density at radius 2 is 2.36 bits per heavy atom. The van der Waals surface area contributed by atoms with E-state index >= 15 is 0 Å². The number of guanidine groups is 1. The number of aliphatic imine (C=N–C) groups is 1. The average Bonchev–Trinajstić information content (AvgIpc) is 3.00. The van der Waals surface area contributed by atoms with E-state index in [0.29, 0.717) is 25.1 Å². The van der Waals surface area contributed by atoms with E-state index in [1.807, 2.05) is 37.9 Å². The van der Waals surface area contributed by atoms with Crippen molar-refractivity contribution < 1.29 is 4.74 Å². The van der Waals surface area contributed by atoms with E-state index in [1.165, 1.54) is 19.3 Å². The molecule has 1 aliphatic carbocycles. The smallest absolute Gasteiger partial charge is 0.218 e. The highest BCUT2D eigenvalue weighted by Crippen LogP contribution is 2.28. The molecule has 1 saturated carbocycles. The number of rotatable bonds is 6. The van der Waals surface area contributed by atoms with Crippen LogP contribution in [0.5, 0.6) is 5.88 Å². The zero-order chi connectivity index (χ0) is 15.8. The fourth-order valence-electron chi connectivity index (χ4n) is 2.68. The Morgan fingerprint density at radius 1 is 1.50 bits per heavy atom. The average molecular weight is 322 g/mol. The molecule has 0 amide bonds. The van der Waals surface area contributed by atoms with Gasteiger partial charge < -0.3 is 15.4 Å². The van der Waals surface area contributed by atoms with Crippen LogP contribution in [0.1, 0.15) is 31.7 Å². The second-order valence-electron chi connectivity index (χ2n) is 5.34. The van der Waals surface area contributed by atoms with E-state index in [-0.39, 0.29) is 0 Å². The molecule has 0 radical (unpaired) electrons. The minimum Gasteiger partial charge on any atom is -0.478 e. The number of ether oxygens (including phenoxy) is 1. The first-order valence-corrected chi connectivity index (χ1v) is 9.12. The maximum atomic E-state index is 5.55. The van der Waals surface area contributed by atoms with Crippen molar-refractivity contribution in [2.45, 2.75) is 44.0 Å². The van der Waals surface area contributed by atoms with E-state index < -0.39 is 0 Å². The van der Waals surface area contributed by atoms with Gasteiger partial charge in [-0.25, -0.2) is 4.98 Å². The normalized spacial score (nSPS) is 21.7. The molecule has 1 aliphatic rings. The lowest BCUT2D eigenvalue weighted by molar-refractivity contribution is 0.322. The lowest BCUT2D eigenvalue weighted by Crippen LogP contribution is -2.42. The molecule has 2 atom stereocenters. The third-order valence-electron chi connectivity index (χ3n) is 3.86. The fraction of sp³-hybridized carbons (Fsp3) is 0.625. The summed E-state index contributed by atoms with van der Waals surface area (Å²) >= 11 is 1.96. The molecule has 2 unspecified atom stereocenters. The van der Waals surface area contributed by atoms with E-state index in [9.17, 15) is 0 Å². The Bertz CT molecular complexity index is 495. The van der Waals surface area contributed by atoms with Crippen molar-refractivity contribution in [1.29, 1.82) is 0 Å². The molecule has 122 valence electrons. The van der Waals surface area contributed by atoms with Crippen LogP contribution in [-0.2, 0) is 6.54 Å². The summed E-state index contributed by atoms with van der Waals surface area (Å²) in [5, 5.41) is 7.65. The molecule has 22 heavy (non-hydrogen) atoms. The molecule has 5 nitrogen and oxygen atoms in total. The quantitative estimate of drug-likeness (QED) is 0.622. The van der Waals surface area contributed by atoms with Gasteiger partial charge in [-0.3, -0.25) is 4.99 Å². The van der Waals surface area contributed by atoms with E-state index in [1.54, 1.807) is 6.20 Å². The number of hydrogen-bond acceptors (Lipinski definition) is 4. The largest absolute Gasteiger partial charge is 0.478 e. The molecular weight excluding hydrogens is 296 g/mol. The van der Waals surface area contributed by atoms with E-state index in [0.717, 1.165) is 16.8 Å². The Labute approximate surface area is 137 Å². The summed E-state index contributed by atoms with van der Waals surface area (Å²) in [6.07, 6.45) is 7.65. The Hall–Kier alpha value is -1.43. The highest BCUT2D eigenvalue weighted by Gasteiger charge is 2.24. The first kappa shape index (κ1) is 16.9. The van der Waals surface area contributed by atoms with Gasteiger partial charge in [0.1, 0.15) is 0 Å². The SMILES string of the molecule is CCOc1ncccc1CNC(=NC)NC1CCC(SC)C1. The minimum absolute atomic E-state index is 0.518. The molecular formula is C16H26N4OS. The van der Waals surface area contributed by atoms with Crippen molar-refractivity contribution in [3.8, 4) is 5.88 Å². The number of nitrogens with one attached hydrogen (secondary N) is 2. The maximum absolute atomic E-state index is 5.55. The van der Waals surface area contributed by atoms with Crippen LogP contribution in [0.15, 0.2) is 23.3 Å². The van der Waals surface area contributed by atoms with Crippen molar-refractivity contribution in [3.63, 3.8) is 0 Å². The summed E-state index contributed by atoms with van der Waals surface area (Å²) in [5.41, 5.74) is 1.04. The van der Waals surface area contributed by atoms with Crippen molar-refractivity contribution in [2.24, 2.45) is 4.99 Å². The van der Waals surface area contributed by atoms with Crippen LogP contribution in [0.4, 0.5) is 0 Å². The Balaban J connectivity index is 1.87. The molecule has 1 aromatic rings. The van der Waals surface area contributed by atoms with Gasteiger partial charge in [-0.2, -0.15) is 11.8 Å². The first-order valence-electron chi connectivity index (χ1n) is 7.83. The van der Waals surface area contributed by atoms with Gasteiger partial charge in [0.2, 0.25) is 5.88 Å². The van der Waals surface area contributed by atoms with Crippen molar-refractivity contribution in [3.05, 3.63) is 23.9 Å². The Morgan fingerprint density at radius 3 is 3.05 bits per heavy atom. The highest BCUT2D eigenvalue weighted by atomic mass is 32.2. The number of pyridine rings is 1. The van der Waals surface area contributed by atoms with Crippen LogP contribution < -0.4 is 15.4 Å². The Kier molecular flexibility index (Phi) is 6.83. The molecule has 0 bridgehead atoms. The van der Waals surface area contributed by atoms with Gasteiger partial charge >= 0.3 is 0 Å². The van der Waals surface area contributed by atoms with Crippen molar-refractivity contribution >= 4 is 17.7 Å². The lowest BCUT2D eigenvalue weighted by Gasteiger charge is -2.18. The summed E-state index contributed by atoms with van der Waals surface area (Å²) in [5.74, 6) is 1.54. The third-order valence-corrected chi connectivity index (χ3v) is 4.95. The number of hydrogen-bond donors (Lipinski definition) is 2. The second kappa shape index (κ2) is 8.88. The lowest BCUT2D eigenvalue weighted by atomic mass is 10.2. The van der Waals surface area contributed by atoms with Gasteiger partial charge in [-0.05, 0) is 38.5 Å². The van der Waals surface area contributed by atoms with Crippen molar-refractivity contribution in [1.82, 2.24) is 15.6 Å². The maximum Gasteiger partial charge on any atom is 0.218 e. The van der Waals surface area contributed by atoms with Gasteiger partial charge in [0.15, 0.2) is 5.96 Å². The predicted octanol–water partition coefficient (Wildman–Crippen LogP) is 2.43. The van der Waals surface area contributed by atoms with Crippen LogP contribution in [0.25, 0.3) is 0 Å². The fourth-order valence-corrected chi connectivity index (χ4v) is 3.47. The van der Waals surface area contributed by atoms with E-state index in [4.69, 9.17) is 4.74 Å². The van der Waals surface area contributed by atoms with Crippen molar-refractivity contribution in [2.75, 3.05) is 19.9 Å². The highest BCUT2D eigenvalue weighted by molar-refractivity contribution is 7.99. The van der Waals surface area contributed by atoms with Crippen LogP contribution in [0.3, 0.4) is 0 Å². The molecule has 1 fully saturated rings. The molecule has 0 spiro atoms. The zero-order valence-electron chi connectivity index (χ0n) is 13.6. The molecule has 1 aromatic heterocycles. The number of nitrogens with zero attached hydrogens (tertiary/aromatic N) is 2. The van der Waals surface area contributed by atoms with Crippen LogP contribution >= 0.6 is 11.8 Å². The van der Waals surface area contributed by atoms with Crippen LogP contribution in [-0.4, -0.2) is 42.1 Å². The first-order chi connectivity index (χ1) is 10.8. The predicted molar refractivity (Wildman–Crippen MR) is 93.7 cm³/mol. The standard InChI is InChI=1S/C16H26N4OS/c1-4-21-15-12(6-5-9-18-15)11-19-16(17-2)20-13-7-8-14(10-13)22-3/h5-6,9,13-14H,4,7-8,10-11H2,1-3H3,(H2,17,19,20).